The molecule has 2 heterocycles. The number of imidazole rings is 1. The first kappa shape index (κ1) is 15.0. The van der Waals surface area contributed by atoms with Crippen molar-refractivity contribution in [1.82, 2.24) is 9.97 Å². The van der Waals surface area contributed by atoms with Crippen molar-refractivity contribution in [2.24, 2.45) is 4.99 Å². The van der Waals surface area contributed by atoms with Crippen molar-refractivity contribution in [2.75, 3.05) is 6.61 Å². The largest absolute Gasteiger partial charge is 0.466 e. The van der Waals surface area contributed by atoms with Gasteiger partial charge in [-0.05, 0) is 44.2 Å². The summed E-state index contributed by atoms with van der Waals surface area (Å²) in [5, 5.41) is 0. The van der Waals surface area contributed by atoms with Crippen molar-refractivity contribution in [3.8, 4) is 11.6 Å². The molecule has 6 heteroatoms. The maximum atomic E-state index is 11.5. The molecule has 0 aliphatic rings. The number of aromatic nitrogens is 2. The van der Waals surface area contributed by atoms with Gasteiger partial charge in [-0.2, -0.15) is 0 Å². The molecule has 0 bridgehead atoms. The molecule has 0 aliphatic heterocycles. The highest BCUT2D eigenvalue weighted by atomic mass is 16.5. The average Bonchev–Trinajstić information content (AvgIpc) is 3.15. The van der Waals surface area contributed by atoms with Crippen molar-refractivity contribution >= 4 is 28.4 Å². The fraction of sp³-hybridized carbons (Fsp3) is 0.235. The Morgan fingerprint density at radius 3 is 3.00 bits per heavy atom. The number of furan rings is 1. The SMILES string of the molecule is CCOC(=O)CC(C)=Nc1ccc2nc(-c3ccco3)[nH]c2c1. The van der Waals surface area contributed by atoms with E-state index in [9.17, 15) is 4.79 Å². The third kappa shape index (κ3) is 3.48. The van der Waals surface area contributed by atoms with Gasteiger partial charge in [0.1, 0.15) is 0 Å². The second kappa shape index (κ2) is 6.48. The Hall–Kier alpha value is -2.89. The van der Waals surface area contributed by atoms with E-state index in [1.807, 2.05) is 37.3 Å². The molecule has 1 N–H and O–H groups in total. The zero-order valence-corrected chi connectivity index (χ0v) is 13.0. The van der Waals surface area contributed by atoms with Crippen molar-refractivity contribution < 1.29 is 13.9 Å². The van der Waals surface area contributed by atoms with Gasteiger partial charge in [0.15, 0.2) is 11.6 Å². The molecule has 3 aromatic rings. The van der Waals surface area contributed by atoms with E-state index < -0.39 is 0 Å². The molecule has 0 fully saturated rings. The fourth-order valence-electron chi connectivity index (χ4n) is 2.28. The van der Waals surface area contributed by atoms with E-state index in [1.54, 1.807) is 13.2 Å². The highest BCUT2D eigenvalue weighted by Crippen LogP contribution is 2.24. The first-order valence-corrected chi connectivity index (χ1v) is 7.39. The molecule has 0 radical (unpaired) electrons. The highest BCUT2D eigenvalue weighted by molar-refractivity contribution is 5.99. The van der Waals surface area contributed by atoms with Crippen LogP contribution in [0.15, 0.2) is 46.0 Å². The molecule has 0 spiro atoms. The third-order valence-electron chi connectivity index (χ3n) is 3.25. The summed E-state index contributed by atoms with van der Waals surface area (Å²) in [5.41, 5.74) is 3.16. The molecule has 0 saturated carbocycles. The summed E-state index contributed by atoms with van der Waals surface area (Å²) in [6.45, 7) is 3.97. The zero-order valence-electron chi connectivity index (χ0n) is 13.0. The number of carbonyl (C=O) groups is 1. The molecule has 118 valence electrons. The number of ether oxygens (including phenoxy) is 1. The van der Waals surface area contributed by atoms with Crippen molar-refractivity contribution in [3.63, 3.8) is 0 Å². The second-order valence-electron chi connectivity index (χ2n) is 5.09. The Balaban J connectivity index is 1.84. The number of hydrogen-bond acceptors (Lipinski definition) is 5. The Kier molecular flexibility index (Phi) is 4.23. The maximum absolute atomic E-state index is 11.5. The first-order valence-electron chi connectivity index (χ1n) is 7.39. The van der Waals surface area contributed by atoms with E-state index in [0.717, 1.165) is 16.7 Å². The average molecular weight is 311 g/mol. The van der Waals surface area contributed by atoms with Crippen molar-refractivity contribution in [3.05, 3.63) is 36.6 Å². The van der Waals surface area contributed by atoms with E-state index in [-0.39, 0.29) is 12.4 Å². The molecule has 0 saturated heterocycles. The number of esters is 1. The van der Waals surface area contributed by atoms with Crippen LogP contribution >= 0.6 is 0 Å². The fourth-order valence-corrected chi connectivity index (χ4v) is 2.28. The summed E-state index contributed by atoms with van der Waals surface area (Å²) in [6, 6.07) is 9.30. The number of benzene rings is 1. The number of aromatic amines is 1. The van der Waals surface area contributed by atoms with Crippen LogP contribution in [0.5, 0.6) is 0 Å². The van der Waals surface area contributed by atoms with E-state index in [4.69, 9.17) is 9.15 Å². The molecule has 0 atom stereocenters. The Bertz CT molecular complexity index is 847. The van der Waals surface area contributed by atoms with Gasteiger partial charge in [-0.25, -0.2) is 4.98 Å². The predicted octanol–water partition coefficient (Wildman–Crippen LogP) is 3.87. The maximum Gasteiger partial charge on any atom is 0.311 e. The molecule has 6 nitrogen and oxygen atoms in total. The summed E-state index contributed by atoms with van der Waals surface area (Å²) in [5.74, 6) is 1.09. The molecular formula is C17H17N3O3. The lowest BCUT2D eigenvalue weighted by molar-refractivity contribution is -0.141. The van der Waals surface area contributed by atoms with Crippen LogP contribution in [-0.4, -0.2) is 28.3 Å². The molecule has 1 aromatic carbocycles. The lowest BCUT2D eigenvalue weighted by Gasteiger charge is -2.01. The van der Waals surface area contributed by atoms with E-state index in [2.05, 4.69) is 15.0 Å². The smallest absolute Gasteiger partial charge is 0.311 e. The summed E-state index contributed by atoms with van der Waals surface area (Å²) in [4.78, 5) is 23.6. The normalized spacial score (nSPS) is 11.8. The number of hydrogen-bond donors (Lipinski definition) is 1. The standard InChI is InChI=1S/C17H17N3O3/c1-3-22-16(21)9-11(2)18-12-6-7-13-14(10-12)20-17(19-13)15-5-4-8-23-15/h4-8,10H,3,9H2,1-2H3,(H,19,20). The van der Waals surface area contributed by atoms with E-state index in [1.165, 1.54) is 0 Å². The molecule has 0 amide bonds. The minimum Gasteiger partial charge on any atom is -0.466 e. The van der Waals surface area contributed by atoms with Gasteiger partial charge in [0.25, 0.3) is 0 Å². The minimum absolute atomic E-state index is 0.187. The Labute approximate surface area is 133 Å². The van der Waals surface area contributed by atoms with Crippen LogP contribution in [-0.2, 0) is 9.53 Å². The number of aliphatic imine (C=N–C) groups is 1. The quantitative estimate of drug-likeness (QED) is 0.573. The van der Waals surface area contributed by atoms with Crippen LogP contribution in [0.2, 0.25) is 0 Å². The summed E-state index contributed by atoms with van der Waals surface area (Å²) in [7, 11) is 0. The molecule has 2 aromatic heterocycles. The molecule has 0 aliphatic carbocycles. The van der Waals surface area contributed by atoms with Gasteiger partial charge in [-0.1, -0.05) is 0 Å². The number of rotatable bonds is 5. The third-order valence-corrected chi connectivity index (χ3v) is 3.25. The van der Waals surface area contributed by atoms with Crippen LogP contribution in [0.1, 0.15) is 20.3 Å². The Morgan fingerprint density at radius 2 is 2.26 bits per heavy atom. The lowest BCUT2D eigenvalue weighted by atomic mass is 10.2. The monoisotopic (exact) mass is 311 g/mol. The molecule has 0 unspecified atom stereocenters. The van der Waals surface area contributed by atoms with Gasteiger partial charge in [0, 0.05) is 5.71 Å². The number of H-pyrrole nitrogens is 1. The van der Waals surface area contributed by atoms with Crippen LogP contribution in [0, 0.1) is 0 Å². The second-order valence-corrected chi connectivity index (χ2v) is 5.09. The minimum atomic E-state index is -0.267. The van der Waals surface area contributed by atoms with Crippen LogP contribution < -0.4 is 0 Å². The summed E-state index contributed by atoms with van der Waals surface area (Å²) < 4.78 is 10.3. The number of fused-ring (bicyclic) bond motifs is 1. The molecular weight excluding hydrogens is 294 g/mol. The highest BCUT2D eigenvalue weighted by Gasteiger charge is 2.08. The summed E-state index contributed by atoms with van der Waals surface area (Å²) >= 11 is 0. The van der Waals surface area contributed by atoms with Crippen molar-refractivity contribution in [1.29, 1.82) is 0 Å². The van der Waals surface area contributed by atoms with Crippen molar-refractivity contribution in [2.45, 2.75) is 20.3 Å². The van der Waals surface area contributed by atoms with Crippen LogP contribution in [0.4, 0.5) is 5.69 Å². The number of carbonyl (C=O) groups excluding carboxylic acids is 1. The van der Waals surface area contributed by atoms with Gasteiger partial charge in [-0.3, -0.25) is 9.79 Å². The number of nitrogens with zero attached hydrogens (tertiary/aromatic N) is 2. The van der Waals surface area contributed by atoms with E-state index in [0.29, 0.717) is 23.9 Å². The Morgan fingerprint density at radius 1 is 1.39 bits per heavy atom. The molecule has 23 heavy (non-hydrogen) atoms. The van der Waals surface area contributed by atoms with Gasteiger partial charge in [0.05, 0.1) is 36.0 Å². The number of nitrogens with one attached hydrogen (secondary N) is 1. The van der Waals surface area contributed by atoms with Gasteiger partial charge in [0.2, 0.25) is 0 Å². The van der Waals surface area contributed by atoms with E-state index >= 15 is 0 Å². The summed E-state index contributed by atoms with van der Waals surface area (Å²) in [6.07, 6.45) is 1.80. The van der Waals surface area contributed by atoms with Gasteiger partial charge in [-0.15, -0.1) is 0 Å². The van der Waals surface area contributed by atoms with Gasteiger partial charge < -0.3 is 14.1 Å². The topological polar surface area (TPSA) is 80.5 Å². The lowest BCUT2D eigenvalue weighted by Crippen LogP contribution is -2.08. The van der Waals surface area contributed by atoms with Gasteiger partial charge >= 0.3 is 5.97 Å². The predicted molar refractivity (Wildman–Crippen MR) is 87.8 cm³/mol. The van der Waals surface area contributed by atoms with Crippen LogP contribution in [0.3, 0.4) is 0 Å². The molecule has 3 rings (SSSR count). The van der Waals surface area contributed by atoms with Crippen LogP contribution in [0.25, 0.3) is 22.6 Å². The first-order chi connectivity index (χ1) is 11.2. The zero-order chi connectivity index (χ0) is 16.2.